The van der Waals surface area contributed by atoms with Crippen molar-refractivity contribution in [1.29, 1.82) is 0 Å². The van der Waals surface area contributed by atoms with Crippen LogP contribution in [0.1, 0.15) is 11.1 Å². The third-order valence-electron chi connectivity index (χ3n) is 4.20. The molecule has 0 saturated carbocycles. The molecule has 1 aromatic carbocycles. The van der Waals surface area contributed by atoms with Gasteiger partial charge in [-0.15, -0.1) is 0 Å². The van der Waals surface area contributed by atoms with Crippen LogP contribution in [0.4, 0.5) is 5.82 Å². The van der Waals surface area contributed by atoms with Crippen molar-refractivity contribution in [3.63, 3.8) is 0 Å². The summed E-state index contributed by atoms with van der Waals surface area (Å²) in [6, 6.07) is 15.0. The van der Waals surface area contributed by atoms with Crippen LogP contribution < -0.4 is 10.6 Å². The number of imidazole rings is 1. The molecule has 0 amide bonds. The fraction of sp³-hybridized carbons (Fsp3) is 0.222. The van der Waals surface area contributed by atoms with E-state index in [0.29, 0.717) is 6.04 Å². The zero-order valence-corrected chi connectivity index (χ0v) is 12.8. The summed E-state index contributed by atoms with van der Waals surface area (Å²) in [6.07, 6.45) is 6.45. The van der Waals surface area contributed by atoms with Gasteiger partial charge in [-0.1, -0.05) is 30.3 Å². The lowest BCUT2D eigenvalue weighted by molar-refractivity contribution is 0.496. The molecular weight excluding hydrogens is 286 g/mol. The summed E-state index contributed by atoms with van der Waals surface area (Å²) in [6.45, 7) is 1.79. The Kier molecular flexibility index (Phi) is 3.78. The van der Waals surface area contributed by atoms with E-state index in [1.807, 2.05) is 29.0 Å². The second-order valence-corrected chi connectivity index (χ2v) is 5.78. The van der Waals surface area contributed by atoms with E-state index in [4.69, 9.17) is 0 Å². The van der Waals surface area contributed by atoms with Crippen LogP contribution in [-0.2, 0) is 13.0 Å². The molecule has 1 atom stereocenters. The summed E-state index contributed by atoms with van der Waals surface area (Å²) in [5.41, 5.74) is 2.85. The lowest BCUT2D eigenvalue weighted by atomic mass is 9.96. The number of aromatic nitrogens is 3. The topological polar surface area (TPSA) is 54.8 Å². The molecule has 3 heterocycles. The fourth-order valence-electron chi connectivity index (χ4n) is 2.95. The molecule has 23 heavy (non-hydrogen) atoms. The standard InChI is InChI=1S/C18H19N5/c1-2-5-15-11-20-16(10-14(15)4-1)12-21-17-6-3-7-18(22-17)23-9-8-19-13-23/h1-9,13,16,20H,10-12H2,(H,21,22). The third-order valence-corrected chi connectivity index (χ3v) is 4.20. The van der Waals surface area contributed by atoms with Crippen molar-refractivity contribution >= 4 is 5.82 Å². The van der Waals surface area contributed by atoms with E-state index in [0.717, 1.165) is 31.1 Å². The summed E-state index contributed by atoms with van der Waals surface area (Å²) < 4.78 is 1.90. The molecular formula is C18H19N5. The molecule has 1 aliphatic heterocycles. The molecule has 0 aliphatic carbocycles. The highest BCUT2D eigenvalue weighted by Crippen LogP contribution is 2.17. The lowest BCUT2D eigenvalue weighted by Gasteiger charge is -2.26. The molecule has 4 rings (SSSR count). The summed E-state index contributed by atoms with van der Waals surface area (Å²) in [5.74, 6) is 1.76. The van der Waals surface area contributed by atoms with Crippen molar-refractivity contribution in [2.24, 2.45) is 0 Å². The first-order valence-corrected chi connectivity index (χ1v) is 7.88. The highest BCUT2D eigenvalue weighted by atomic mass is 15.1. The van der Waals surface area contributed by atoms with E-state index in [1.165, 1.54) is 11.1 Å². The van der Waals surface area contributed by atoms with Crippen LogP contribution in [0.2, 0.25) is 0 Å². The van der Waals surface area contributed by atoms with E-state index < -0.39 is 0 Å². The molecule has 5 nitrogen and oxygen atoms in total. The Morgan fingerprint density at radius 2 is 2.04 bits per heavy atom. The van der Waals surface area contributed by atoms with Crippen LogP contribution in [0.5, 0.6) is 0 Å². The third kappa shape index (κ3) is 3.10. The zero-order chi connectivity index (χ0) is 15.5. The second-order valence-electron chi connectivity index (χ2n) is 5.78. The van der Waals surface area contributed by atoms with Crippen LogP contribution in [-0.4, -0.2) is 27.1 Å². The maximum Gasteiger partial charge on any atom is 0.140 e. The number of nitrogens with one attached hydrogen (secondary N) is 2. The van der Waals surface area contributed by atoms with E-state index in [2.05, 4.69) is 44.9 Å². The SMILES string of the molecule is c1cc(NCC2Cc3ccccc3CN2)nc(-n2ccnc2)c1. The Morgan fingerprint density at radius 3 is 2.91 bits per heavy atom. The van der Waals surface area contributed by atoms with E-state index in [1.54, 1.807) is 12.5 Å². The monoisotopic (exact) mass is 305 g/mol. The van der Waals surface area contributed by atoms with Gasteiger partial charge in [0, 0.05) is 31.5 Å². The normalized spacial score (nSPS) is 16.8. The molecule has 5 heteroatoms. The van der Waals surface area contributed by atoms with Gasteiger partial charge in [-0.3, -0.25) is 4.57 Å². The van der Waals surface area contributed by atoms with Crippen LogP contribution in [0.15, 0.2) is 61.2 Å². The average molecular weight is 305 g/mol. The van der Waals surface area contributed by atoms with Gasteiger partial charge in [-0.05, 0) is 29.7 Å². The van der Waals surface area contributed by atoms with Gasteiger partial charge in [0.1, 0.15) is 18.0 Å². The van der Waals surface area contributed by atoms with Crippen molar-refractivity contribution in [1.82, 2.24) is 19.9 Å². The van der Waals surface area contributed by atoms with Gasteiger partial charge in [0.25, 0.3) is 0 Å². The lowest BCUT2D eigenvalue weighted by Crippen LogP contribution is -2.40. The molecule has 2 N–H and O–H groups in total. The molecule has 3 aromatic rings. The number of rotatable bonds is 4. The van der Waals surface area contributed by atoms with Crippen molar-refractivity contribution in [2.45, 2.75) is 19.0 Å². The fourth-order valence-corrected chi connectivity index (χ4v) is 2.95. The predicted molar refractivity (Wildman–Crippen MR) is 90.6 cm³/mol. The number of anilines is 1. The molecule has 1 aliphatic rings. The van der Waals surface area contributed by atoms with Crippen LogP contribution in [0, 0.1) is 0 Å². The van der Waals surface area contributed by atoms with Crippen molar-refractivity contribution in [3.8, 4) is 5.82 Å². The molecule has 0 saturated heterocycles. The maximum absolute atomic E-state index is 4.63. The average Bonchev–Trinajstić information content (AvgIpc) is 3.15. The van der Waals surface area contributed by atoms with E-state index in [9.17, 15) is 0 Å². The second kappa shape index (κ2) is 6.22. The molecule has 0 spiro atoms. The van der Waals surface area contributed by atoms with Crippen LogP contribution in [0.25, 0.3) is 5.82 Å². The maximum atomic E-state index is 4.63. The van der Waals surface area contributed by atoms with Crippen LogP contribution >= 0.6 is 0 Å². The quantitative estimate of drug-likeness (QED) is 0.777. The molecule has 1 unspecified atom stereocenters. The Labute approximate surface area is 135 Å². The Morgan fingerprint density at radius 1 is 1.13 bits per heavy atom. The van der Waals surface area contributed by atoms with Crippen molar-refractivity contribution < 1.29 is 0 Å². The largest absolute Gasteiger partial charge is 0.368 e. The molecule has 0 radical (unpaired) electrons. The summed E-state index contributed by atoms with van der Waals surface area (Å²) in [5, 5.41) is 7.02. The van der Waals surface area contributed by atoms with Crippen LogP contribution in [0.3, 0.4) is 0 Å². The number of nitrogens with zero attached hydrogens (tertiary/aromatic N) is 3. The molecule has 2 aromatic heterocycles. The zero-order valence-electron chi connectivity index (χ0n) is 12.8. The number of hydrogen-bond donors (Lipinski definition) is 2. The van der Waals surface area contributed by atoms with Gasteiger partial charge in [-0.2, -0.15) is 0 Å². The smallest absolute Gasteiger partial charge is 0.140 e. The first kappa shape index (κ1) is 14.0. The molecule has 116 valence electrons. The summed E-state index contributed by atoms with van der Waals surface area (Å²) in [4.78, 5) is 8.69. The summed E-state index contributed by atoms with van der Waals surface area (Å²) in [7, 11) is 0. The minimum Gasteiger partial charge on any atom is -0.368 e. The number of hydrogen-bond acceptors (Lipinski definition) is 4. The number of pyridine rings is 1. The van der Waals surface area contributed by atoms with E-state index >= 15 is 0 Å². The van der Waals surface area contributed by atoms with Gasteiger partial charge < -0.3 is 10.6 Å². The minimum absolute atomic E-state index is 0.420. The Bertz CT molecular complexity index is 782. The highest BCUT2D eigenvalue weighted by molar-refractivity contribution is 5.40. The first-order valence-electron chi connectivity index (χ1n) is 7.88. The van der Waals surface area contributed by atoms with Gasteiger partial charge in [0.15, 0.2) is 0 Å². The van der Waals surface area contributed by atoms with Crippen molar-refractivity contribution in [3.05, 3.63) is 72.3 Å². The summed E-state index contributed by atoms with van der Waals surface area (Å²) >= 11 is 0. The Balaban J connectivity index is 1.41. The highest BCUT2D eigenvalue weighted by Gasteiger charge is 2.17. The van der Waals surface area contributed by atoms with Gasteiger partial charge in [-0.25, -0.2) is 9.97 Å². The van der Waals surface area contributed by atoms with Gasteiger partial charge in [0.2, 0.25) is 0 Å². The molecule has 0 bridgehead atoms. The first-order chi connectivity index (χ1) is 11.4. The van der Waals surface area contributed by atoms with E-state index in [-0.39, 0.29) is 0 Å². The number of fused-ring (bicyclic) bond motifs is 1. The van der Waals surface area contributed by atoms with Crippen molar-refractivity contribution in [2.75, 3.05) is 11.9 Å². The molecule has 0 fully saturated rings. The number of benzene rings is 1. The predicted octanol–water partition coefficient (Wildman–Crippen LogP) is 2.39. The van der Waals surface area contributed by atoms with Gasteiger partial charge >= 0.3 is 0 Å². The van der Waals surface area contributed by atoms with Gasteiger partial charge in [0.05, 0.1) is 0 Å². The Hall–Kier alpha value is -2.66. The minimum atomic E-state index is 0.420.